The van der Waals surface area contributed by atoms with Crippen molar-refractivity contribution in [1.82, 2.24) is 9.97 Å². The maximum Gasteiger partial charge on any atom is 0.275 e. The molecule has 0 saturated heterocycles. The molecule has 18 heavy (non-hydrogen) atoms. The van der Waals surface area contributed by atoms with E-state index in [4.69, 9.17) is 5.73 Å². The first-order valence-electron chi connectivity index (χ1n) is 4.90. The third-order valence-electron chi connectivity index (χ3n) is 2.16. The third-order valence-corrected chi connectivity index (χ3v) is 2.16. The van der Waals surface area contributed by atoms with Crippen LogP contribution in [0.4, 0.5) is 20.2 Å². The van der Waals surface area contributed by atoms with Gasteiger partial charge in [0.15, 0.2) is 11.6 Å². The minimum atomic E-state index is -1.22. The van der Waals surface area contributed by atoms with Crippen LogP contribution in [0.5, 0.6) is 0 Å². The van der Waals surface area contributed by atoms with Crippen LogP contribution in [0.2, 0.25) is 0 Å². The molecule has 1 heterocycles. The largest absolute Gasteiger partial charge is 0.396 e. The van der Waals surface area contributed by atoms with Gasteiger partial charge >= 0.3 is 0 Å². The molecular formula is C11H8F2N4O. The van der Waals surface area contributed by atoms with E-state index in [1.807, 2.05) is 0 Å². The van der Waals surface area contributed by atoms with Gasteiger partial charge in [0.05, 0.1) is 17.6 Å². The van der Waals surface area contributed by atoms with E-state index < -0.39 is 17.5 Å². The molecular weight excluding hydrogens is 242 g/mol. The van der Waals surface area contributed by atoms with Gasteiger partial charge in [0.2, 0.25) is 0 Å². The molecule has 0 aliphatic carbocycles. The molecule has 0 spiro atoms. The summed E-state index contributed by atoms with van der Waals surface area (Å²) in [5.74, 6) is -3.11. The van der Waals surface area contributed by atoms with Crippen LogP contribution in [0.3, 0.4) is 0 Å². The van der Waals surface area contributed by atoms with Crippen molar-refractivity contribution in [3.8, 4) is 0 Å². The zero-order chi connectivity index (χ0) is 13.1. The quantitative estimate of drug-likeness (QED) is 0.793. The average molecular weight is 250 g/mol. The summed E-state index contributed by atoms with van der Waals surface area (Å²) in [6, 6.07) is 2.33. The molecule has 0 unspecified atom stereocenters. The molecule has 92 valence electrons. The van der Waals surface area contributed by atoms with Crippen LogP contribution in [0, 0.1) is 11.6 Å². The Bertz CT molecular complexity index is 589. The lowest BCUT2D eigenvalue weighted by atomic mass is 10.2. The van der Waals surface area contributed by atoms with Crippen LogP contribution in [0.1, 0.15) is 10.5 Å². The van der Waals surface area contributed by atoms with Gasteiger partial charge in [-0.15, -0.1) is 0 Å². The van der Waals surface area contributed by atoms with Crippen molar-refractivity contribution in [2.45, 2.75) is 0 Å². The number of hydrogen-bond acceptors (Lipinski definition) is 4. The highest BCUT2D eigenvalue weighted by Crippen LogP contribution is 2.22. The fraction of sp³-hybridized carbons (Fsp3) is 0. The summed E-state index contributed by atoms with van der Waals surface area (Å²) in [7, 11) is 0. The Hall–Kier alpha value is -2.57. The van der Waals surface area contributed by atoms with Crippen LogP contribution >= 0.6 is 0 Å². The summed E-state index contributed by atoms with van der Waals surface area (Å²) < 4.78 is 26.6. The van der Waals surface area contributed by atoms with Crippen molar-refractivity contribution in [3.63, 3.8) is 0 Å². The molecule has 0 aliphatic rings. The zero-order valence-corrected chi connectivity index (χ0v) is 9.02. The predicted octanol–water partition coefficient (Wildman–Crippen LogP) is 1.59. The molecule has 3 N–H and O–H groups in total. The lowest BCUT2D eigenvalue weighted by molar-refractivity contribution is 0.102. The molecule has 0 fully saturated rings. The summed E-state index contributed by atoms with van der Waals surface area (Å²) in [5, 5.41) is 2.18. The van der Waals surface area contributed by atoms with Crippen molar-refractivity contribution in [3.05, 3.63) is 48.1 Å². The Balaban J connectivity index is 2.26. The molecule has 7 heteroatoms. The van der Waals surface area contributed by atoms with Gasteiger partial charge in [-0.25, -0.2) is 13.8 Å². The van der Waals surface area contributed by atoms with Crippen molar-refractivity contribution < 1.29 is 13.6 Å². The maximum atomic E-state index is 13.4. The summed E-state index contributed by atoms with van der Waals surface area (Å²) >= 11 is 0. The standard InChI is InChI=1S/C11H8F2N4O/c12-9-6(14)1-2-7(10(9)13)17-11(18)8-5-15-3-4-16-8/h1-5H,14H2,(H,17,18). The van der Waals surface area contributed by atoms with Crippen LogP contribution in [0.15, 0.2) is 30.7 Å². The second-order valence-electron chi connectivity index (χ2n) is 3.38. The van der Waals surface area contributed by atoms with Crippen molar-refractivity contribution in [2.75, 3.05) is 11.1 Å². The van der Waals surface area contributed by atoms with Crippen molar-refractivity contribution in [2.24, 2.45) is 0 Å². The van der Waals surface area contributed by atoms with E-state index in [0.717, 1.165) is 6.07 Å². The fourth-order valence-electron chi connectivity index (χ4n) is 1.26. The molecule has 1 aromatic carbocycles. The predicted molar refractivity (Wildman–Crippen MR) is 60.8 cm³/mol. The first kappa shape index (κ1) is 11.9. The number of rotatable bonds is 2. The summed E-state index contributed by atoms with van der Waals surface area (Å²) in [5.41, 5.74) is 4.54. The SMILES string of the molecule is Nc1ccc(NC(=O)c2cnccn2)c(F)c1F. The Morgan fingerprint density at radius 3 is 2.67 bits per heavy atom. The Morgan fingerprint density at radius 1 is 1.22 bits per heavy atom. The second-order valence-corrected chi connectivity index (χ2v) is 3.38. The number of amides is 1. The van der Waals surface area contributed by atoms with E-state index in [0.29, 0.717) is 0 Å². The number of nitrogens with two attached hydrogens (primary N) is 1. The van der Waals surface area contributed by atoms with Crippen molar-refractivity contribution >= 4 is 17.3 Å². The highest BCUT2D eigenvalue weighted by Gasteiger charge is 2.15. The van der Waals surface area contributed by atoms with E-state index in [-0.39, 0.29) is 17.1 Å². The van der Waals surface area contributed by atoms with Gasteiger partial charge in [-0.2, -0.15) is 0 Å². The number of nitrogens with one attached hydrogen (secondary N) is 1. The number of nitrogens with zero attached hydrogens (tertiary/aromatic N) is 2. The fourth-order valence-corrected chi connectivity index (χ4v) is 1.26. The first-order valence-corrected chi connectivity index (χ1v) is 4.90. The van der Waals surface area contributed by atoms with Crippen molar-refractivity contribution in [1.29, 1.82) is 0 Å². The highest BCUT2D eigenvalue weighted by atomic mass is 19.2. The number of nitrogen functional groups attached to an aromatic ring is 1. The summed E-state index contributed by atoms with van der Waals surface area (Å²) in [4.78, 5) is 19.0. The van der Waals surface area contributed by atoms with E-state index >= 15 is 0 Å². The minimum absolute atomic E-state index is 0.00543. The smallest absolute Gasteiger partial charge is 0.275 e. The average Bonchev–Trinajstić information content (AvgIpc) is 2.40. The molecule has 0 atom stereocenters. The number of carbonyl (C=O) groups is 1. The van der Waals surface area contributed by atoms with Gasteiger partial charge in [0.25, 0.3) is 5.91 Å². The Kier molecular flexibility index (Phi) is 3.13. The van der Waals surface area contributed by atoms with Gasteiger partial charge < -0.3 is 11.1 Å². The van der Waals surface area contributed by atoms with Crippen LogP contribution in [-0.2, 0) is 0 Å². The topological polar surface area (TPSA) is 80.9 Å². The number of halogens is 2. The number of carbonyl (C=O) groups excluding carboxylic acids is 1. The monoisotopic (exact) mass is 250 g/mol. The summed E-state index contributed by atoms with van der Waals surface area (Å²) in [6.45, 7) is 0. The molecule has 1 amide bonds. The second kappa shape index (κ2) is 4.74. The van der Waals surface area contributed by atoms with Crippen LogP contribution in [-0.4, -0.2) is 15.9 Å². The first-order chi connectivity index (χ1) is 8.59. The maximum absolute atomic E-state index is 13.4. The third kappa shape index (κ3) is 2.24. The lowest BCUT2D eigenvalue weighted by Crippen LogP contribution is -2.15. The molecule has 2 aromatic rings. The van der Waals surface area contributed by atoms with Gasteiger partial charge in [-0.05, 0) is 12.1 Å². The Morgan fingerprint density at radius 2 is 2.00 bits per heavy atom. The molecule has 2 rings (SSSR count). The van der Waals surface area contributed by atoms with E-state index in [1.165, 1.54) is 24.7 Å². The van der Waals surface area contributed by atoms with E-state index in [2.05, 4.69) is 15.3 Å². The van der Waals surface area contributed by atoms with Gasteiger partial charge in [0, 0.05) is 12.4 Å². The minimum Gasteiger partial charge on any atom is -0.396 e. The van der Waals surface area contributed by atoms with Crippen LogP contribution in [0.25, 0.3) is 0 Å². The van der Waals surface area contributed by atoms with Crippen LogP contribution < -0.4 is 11.1 Å². The molecule has 1 aromatic heterocycles. The number of aromatic nitrogens is 2. The van der Waals surface area contributed by atoms with Gasteiger partial charge in [-0.3, -0.25) is 9.78 Å². The number of hydrogen-bond donors (Lipinski definition) is 2. The number of benzene rings is 1. The molecule has 0 aliphatic heterocycles. The highest BCUT2D eigenvalue weighted by molar-refractivity contribution is 6.02. The van der Waals surface area contributed by atoms with E-state index in [1.54, 1.807) is 0 Å². The lowest BCUT2D eigenvalue weighted by Gasteiger charge is -2.07. The van der Waals surface area contributed by atoms with Gasteiger partial charge in [0.1, 0.15) is 5.69 Å². The Labute approximate surface area is 101 Å². The molecule has 5 nitrogen and oxygen atoms in total. The van der Waals surface area contributed by atoms with E-state index in [9.17, 15) is 13.6 Å². The zero-order valence-electron chi connectivity index (χ0n) is 9.02. The number of anilines is 2. The normalized spacial score (nSPS) is 10.1. The summed E-state index contributed by atoms with van der Waals surface area (Å²) in [6.07, 6.45) is 3.91. The molecule has 0 saturated carbocycles. The van der Waals surface area contributed by atoms with Gasteiger partial charge in [-0.1, -0.05) is 0 Å². The molecule has 0 bridgehead atoms. The molecule has 0 radical (unpaired) electrons.